The summed E-state index contributed by atoms with van der Waals surface area (Å²) in [4.78, 5) is 12.4. The van der Waals surface area contributed by atoms with Crippen LogP contribution in [0, 0.1) is 0 Å². The van der Waals surface area contributed by atoms with Crippen LogP contribution in [0.4, 0.5) is 5.69 Å². The second-order valence-electron chi connectivity index (χ2n) is 6.05. The highest BCUT2D eigenvalue weighted by atomic mass is 32.2. The summed E-state index contributed by atoms with van der Waals surface area (Å²) in [5, 5.41) is 11.9. The van der Waals surface area contributed by atoms with Crippen molar-refractivity contribution >= 4 is 33.2 Å². The zero-order valence-electron chi connectivity index (χ0n) is 15.5. The van der Waals surface area contributed by atoms with Crippen LogP contribution in [0.25, 0.3) is 11.4 Å². The van der Waals surface area contributed by atoms with Crippen molar-refractivity contribution in [1.82, 2.24) is 14.8 Å². The number of carbonyl (C=O) groups excluding carboxylic acids is 1. The summed E-state index contributed by atoms with van der Waals surface area (Å²) < 4.78 is 25.1. The second kappa shape index (κ2) is 8.57. The van der Waals surface area contributed by atoms with Gasteiger partial charge in [0, 0.05) is 24.1 Å². The number of para-hydroxylation sites is 1. The molecule has 1 heterocycles. The fourth-order valence-electron chi connectivity index (χ4n) is 2.59. The molecule has 28 heavy (non-hydrogen) atoms. The van der Waals surface area contributed by atoms with Crippen molar-refractivity contribution in [1.29, 1.82) is 0 Å². The van der Waals surface area contributed by atoms with Gasteiger partial charge in [-0.15, -0.1) is 10.2 Å². The molecule has 9 heteroatoms. The predicted octanol–water partition coefficient (Wildman–Crippen LogP) is 3.10. The van der Waals surface area contributed by atoms with Gasteiger partial charge in [-0.3, -0.25) is 4.79 Å². The topological polar surface area (TPSA) is 93.9 Å². The largest absolute Gasteiger partial charge is 0.325 e. The molecule has 1 aromatic heterocycles. The highest BCUT2D eigenvalue weighted by molar-refractivity contribution is 7.99. The van der Waals surface area contributed by atoms with E-state index in [4.69, 9.17) is 0 Å². The SMILES string of the molecule is CCn1c(SCC(=O)Nc2ccccc2)nnc1-c1ccc(S(C)(=O)=O)cc1. The Morgan fingerprint density at radius 3 is 2.36 bits per heavy atom. The highest BCUT2D eigenvalue weighted by Gasteiger charge is 2.15. The second-order valence-corrected chi connectivity index (χ2v) is 9.01. The molecule has 0 fully saturated rings. The van der Waals surface area contributed by atoms with Gasteiger partial charge in [-0.05, 0) is 43.3 Å². The molecule has 0 aliphatic carbocycles. The van der Waals surface area contributed by atoms with Gasteiger partial charge in [-0.1, -0.05) is 30.0 Å². The predicted molar refractivity (Wildman–Crippen MR) is 110 cm³/mol. The number of amides is 1. The lowest BCUT2D eigenvalue weighted by Gasteiger charge is -2.08. The Labute approximate surface area is 168 Å². The first-order valence-corrected chi connectivity index (χ1v) is 11.5. The molecule has 0 atom stereocenters. The lowest BCUT2D eigenvalue weighted by molar-refractivity contribution is -0.113. The van der Waals surface area contributed by atoms with Crippen LogP contribution in [0.3, 0.4) is 0 Å². The highest BCUT2D eigenvalue weighted by Crippen LogP contribution is 2.25. The van der Waals surface area contributed by atoms with E-state index in [0.717, 1.165) is 11.3 Å². The number of thioether (sulfide) groups is 1. The molecule has 3 aromatic rings. The van der Waals surface area contributed by atoms with Crippen LogP contribution in [0.15, 0.2) is 64.6 Å². The first kappa shape index (κ1) is 20.1. The fraction of sp³-hybridized carbons (Fsp3) is 0.211. The van der Waals surface area contributed by atoms with E-state index >= 15 is 0 Å². The molecule has 146 valence electrons. The van der Waals surface area contributed by atoms with Crippen molar-refractivity contribution in [3.63, 3.8) is 0 Å². The van der Waals surface area contributed by atoms with Crippen LogP contribution in [0.2, 0.25) is 0 Å². The average Bonchev–Trinajstić information content (AvgIpc) is 3.09. The number of hydrogen-bond donors (Lipinski definition) is 1. The molecule has 7 nitrogen and oxygen atoms in total. The molecule has 0 spiro atoms. The van der Waals surface area contributed by atoms with Crippen molar-refractivity contribution < 1.29 is 13.2 Å². The van der Waals surface area contributed by atoms with E-state index in [1.165, 1.54) is 18.0 Å². The van der Waals surface area contributed by atoms with Gasteiger partial charge in [0.15, 0.2) is 20.8 Å². The smallest absolute Gasteiger partial charge is 0.234 e. The maximum absolute atomic E-state index is 12.1. The summed E-state index contributed by atoms with van der Waals surface area (Å²) in [7, 11) is -3.25. The Kier molecular flexibility index (Phi) is 6.15. The molecule has 0 unspecified atom stereocenters. The number of hydrogen-bond acceptors (Lipinski definition) is 6. The number of benzene rings is 2. The van der Waals surface area contributed by atoms with Gasteiger partial charge in [0.25, 0.3) is 0 Å². The van der Waals surface area contributed by atoms with Crippen LogP contribution in [0.5, 0.6) is 0 Å². The van der Waals surface area contributed by atoms with Crippen LogP contribution >= 0.6 is 11.8 Å². The Balaban J connectivity index is 1.72. The molecule has 0 radical (unpaired) electrons. The minimum Gasteiger partial charge on any atom is -0.325 e. The molecule has 1 amide bonds. The third-order valence-electron chi connectivity index (χ3n) is 3.96. The number of rotatable bonds is 7. The van der Waals surface area contributed by atoms with Gasteiger partial charge >= 0.3 is 0 Å². The first-order chi connectivity index (χ1) is 13.4. The maximum Gasteiger partial charge on any atom is 0.234 e. The van der Waals surface area contributed by atoms with E-state index in [9.17, 15) is 13.2 Å². The minimum atomic E-state index is -3.25. The zero-order chi connectivity index (χ0) is 20.1. The van der Waals surface area contributed by atoms with Gasteiger partial charge in [-0.25, -0.2) is 8.42 Å². The summed E-state index contributed by atoms with van der Waals surface area (Å²) in [5.74, 6) is 0.717. The van der Waals surface area contributed by atoms with E-state index in [1.807, 2.05) is 41.8 Å². The number of sulfone groups is 1. The van der Waals surface area contributed by atoms with E-state index in [-0.39, 0.29) is 16.6 Å². The van der Waals surface area contributed by atoms with Crippen LogP contribution in [-0.2, 0) is 21.2 Å². The molecule has 3 rings (SSSR count). The number of carbonyl (C=O) groups is 1. The van der Waals surface area contributed by atoms with Crippen molar-refractivity contribution in [2.75, 3.05) is 17.3 Å². The van der Waals surface area contributed by atoms with Crippen LogP contribution in [-0.4, -0.2) is 41.1 Å². The quantitative estimate of drug-likeness (QED) is 0.595. The zero-order valence-corrected chi connectivity index (χ0v) is 17.1. The minimum absolute atomic E-state index is 0.124. The van der Waals surface area contributed by atoms with Crippen molar-refractivity contribution in [3.8, 4) is 11.4 Å². The third-order valence-corrected chi connectivity index (χ3v) is 6.06. The molecule has 0 saturated heterocycles. The average molecular weight is 417 g/mol. The summed E-state index contributed by atoms with van der Waals surface area (Å²) >= 11 is 1.30. The maximum atomic E-state index is 12.1. The molecule has 1 N–H and O–H groups in total. The Bertz CT molecular complexity index is 1060. The number of aromatic nitrogens is 3. The molecule has 0 aliphatic rings. The standard InChI is InChI=1S/C19H20N4O3S2/c1-3-23-18(14-9-11-16(12-10-14)28(2,25)26)21-22-19(23)27-13-17(24)20-15-7-5-4-6-8-15/h4-12H,3,13H2,1-2H3,(H,20,24). The van der Waals surface area contributed by atoms with Gasteiger partial charge < -0.3 is 9.88 Å². The fourth-order valence-corrected chi connectivity index (χ4v) is 4.03. The summed E-state index contributed by atoms with van der Waals surface area (Å²) in [6, 6.07) is 15.8. The van der Waals surface area contributed by atoms with Crippen LogP contribution < -0.4 is 5.32 Å². The Morgan fingerprint density at radius 1 is 1.07 bits per heavy atom. The van der Waals surface area contributed by atoms with Crippen molar-refractivity contribution in [2.24, 2.45) is 0 Å². The van der Waals surface area contributed by atoms with E-state index in [2.05, 4.69) is 15.5 Å². The molecular weight excluding hydrogens is 396 g/mol. The van der Waals surface area contributed by atoms with E-state index < -0.39 is 9.84 Å². The monoisotopic (exact) mass is 416 g/mol. The summed E-state index contributed by atoms with van der Waals surface area (Å²) in [5.41, 5.74) is 1.51. The summed E-state index contributed by atoms with van der Waals surface area (Å²) in [6.45, 7) is 2.59. The van der Waals surface area contributed by atoms with Crippen molar-refractivity contribution in [2.45, 2.75) is 23.5 Å². The lowest BCUT2D eigenvalue weighted by Crippen LogP contribution is -2.14. The lowest BCUT2D eigenvalue weighted by atomic mass is 10.2. The van der Waals surface area contributed by atoms with Crippen molar-refractivity contribution in [3.05, 3.63) is 54.6 Å². The van der Waals surface area contributed by atoms with E-state index in [1.54, 1.807) is 24.3 Å². The Morgan fingerprint density at radius 2 is 1.75 bits per heavy atom. The molecule has 2 aromatic carbocycles. The number of anilines is 1. The first-order valence-electron chi connectivity index (χ1n) is 8.60. The van der Waals surface area contributed by atoms with Gasteiger partial charge in [0.1, 0.15) is 0 Å². The number of nitrogens with zero attached hydrogens (tertiary/aromatic N) is 3. The van der Waals surface area contributed by atoms with E-state index in [0.29, 0.717) is 17.5 Å². The molecule has 0 bridgehead atoms. The third kappa shape index (κ3) is 4.79. The van der Waals surface area contributed by atoms with Gasteiger partial charge in [0.2, 0.25) is 5.91 Å². The van der Waals surface area contributed by atoms with Gasteiger partial charge in [0.05, 0.1) is 10.6 Å². The normalized spacial score (nSPS) is 11.4. The summed E-state index contributed by atoms with van der Waals surface area (Å²) in [6.07, 6.45) is 1.17. The Hall–Kier alpha value is -2.65. The number of nitrogens with one attached hydrogen (secondary N) is 1. The molecule has 0 saturated carbocycles. The molecular formula is C19H20N4O3S2. The van der Waals surface area contributed by atoms with Gasteiger partial charge in [-0.2, -0.15) is 0 Å². The van der Waals surface area contributed by atoms with Crippen LogP contribution in [0.1, 0.15) is 6.92 Å². The molecule has 0 aliphatic heterocycles.